The molecule has 1 aromatic heterocycles. The number of rotatable bonds is 6. The van der Waals surface area contributed by atoms with Crippen molar-refractivity contribution in [1.82, 2.24) is 4.98 Å². The van der Waals surface area contributed by atoms with E-state index >= 15 is 0 Å². The van der Waals surface area contributed by atoms with Gasteiger partial charge in [-0.15, -0.1) is 11.3 Å². The standard InChI is InChI=1S/C26H22N4O4S2/c1-17(31)27-21-11-9-18(10-12-21)23-16-35-26(28-23)29-25(32)20-6-4-7-22(15-20)36(33,34)30-14-13-19-5-2-3-8-24(19)30/h2-12,15-16H,13-14H2,1H3,(H,27,31)(H,28,29,32). The Morgan fingerprint density at radius 2 is 1.75 bits per heavy atom. The van der Waals surface area contributed by atoms with Crippen LogP contribution in [0.2, 0.25) is 0 Å². The maximum atomic E-state index is 13.3. The number of aromatic nitrogens is 1. The second-order valence-corrected chi connectivity index (χ2v) is 11.0. The van der Waals surface area contributed by atoms with Gasteiger partial charge in [0, 0.05) is 35.7 Å². The number of sulfonamides is 1. The predicted molar refractivity (Wildman–Crippen MR) is 141 cm³/mol. The van der Waals surface area contributed by atoms with Crippen LogP contribution in [0, 0.1) is 0 Å². The zero-order valence-corrected chi connectivity index (χ0v) is 20.9. The number of anilines is 3. The van der Waals surface area contributed by atoms with Crippen LogP contribution in [-0.2, 0) is 21.2 Å². The Morgan fingerprint density at radius 1 is 0.972 bits per heavy atom. The number of nitrogens with zero attached hydrogens (tertiary/aromatic N) is 2. The van der Waals surface area contributed by atoms with Crippen LogP contribution in [0.4, 0.5) is 16.5 Å². The van der Waals surface area contributed by atoms with E-state index in [9.17, 15) is 18.0 Å². The molecule has 3 aromatic carbocycles. The molecule has 182 valence electrons. The van der Waals surface area contributed by atoms with Crippen molar-refractivity contribution in [3.63, 3.8) is 0 Å². The van der Waals surface area contributed by atoms with Crippen molar-refractivity contribution in [1.29, 1.82) is 0 Å². The second-order valence-electron chi connectivity index (χ2n) is 8.23. The van der Waals surface area contributed by atoms with Gasteiger partial charge in [0.15, 0.2) is 5.13 Å². The van der Waals surface area contributed by atoms with Crippen LogP contribution in [0.1, 0.15) is 22.8 Å². The summed E-state index contributed by atoms with van der Waals surface area (Å²) >= 11 is 1.27. The first-order valence-electron chi connectivity index (χ1n) is 11.2. The summed E-state index contributed by atoms with van der Waals surface area (Å²) in [4.78, 5) is 28.6. The molecule has 0 saturated heterocycles. The topological polar surface area (TPSA) is 108 Å². The summed E-state index contributed by atoms with van der Waals surface area (Å²) in [5.74, 6) is -0.598. The summed E-state index contributed by atoms with van der Waals surface area (Å²) < 4.78 is 28.1. The Balaban J connectivity index is 1.32. The van der Waals surface area contributed by atoms with Crippen LogP contribution in [0.15, 0.2) is 83.1 Å². The lowest BCUT2D eigenvalue weighted by Gasteiger charge is -2.19. The van der Waals surface area contributed by atoms with Crippen LogP contribution < -0.4 is 14.9 Å². The summed E-state index contributed by atoms with van der Waals surface area (Å²) in [6.07, 6.45) is 0.651. The van der Waals surface area contributed by atoms with Gasteiger partial charge in [0.25, 0.3) is 15.9 Å². The highest BCUT2D eigenvalue weighted by Gasteiger charge is 2.31. The molecular weight excluding hydrogens is 496 g/mol. The van der Waals surface area contributed by atoms with Gasteiger partial charge in [0.1, 0.15) is 0 Å². The van der Waals surface area contributed by atoms with Crippen molar-refractivity contribution < 1.29 is 18.0 Å². The first kappa shape index (κ1) is 23.7. The van der Waals surface area contributed by atoms with Gasteiger partial charge in [-0.05, 0) is 48.4 Å². The zero-order valence-electron chi connectivity index (χ0n) is 19.3. The quantitative estimate of drug-likeness (QED) is 0.382. The molecule has 2 N–H and O–H groups in total. The molecule has 4 aromatic rings. The molecule has 2 heterocycles. The fourth-order valence-electron chi connectivity index (χ4n) is 4.04. The minimum atomic E-state index is -3.81. The molecule has 0 fully saturated rings. The minimum Gasteiger partial charge on any atom is -0.326 e. The van der Waals surface area contributed by atoms with Crippen LogP contribution in [-0.4, -0.2) is 31.8 Å². The Labute approximate surface area is 212 Å². The van der Waals surface area contributed by atoms with Crippen LogP contribution >= 0.6 is 11.3 Å². The normalized spacial score (nSPS) is 12.8. The zero-order chi connectivity index (χ0) is 25.3. The monoisotopic (exact) mass is 518 g/mol. The number of thiazole rings is 1. The van der Waals surface area contributed by atoms with Gasteiger partial charge in [-0.25, -0.2) is 13.4 Å². The van der Waals surface area contributed by atoms with Crippen molar-refractivity contribution >= 4 is 49.7 Å². The summed E-state index contributed by atoms with van der Waals surface area (Å²) in [5.41, 5.74) is 4.07. The number of hydrogen-bond donors (Lipinski definition) is 2. The third-order valence-electron chi connectivity index (χ3n) is 5.75. The van der Waals surface area contributed by atoms with E-state index in [0.717, 1.165) is 11.1 Å². The number of benzene rings is 3. The van der Waals surface area contributed by atoms with Gasteiger partial charge < -0.3 is 5.32 Å². The first-order chi connectivity index (χ1) is 17.3. The SMILES string of the molecule is CC(=O)Nc1ccc(-c2csc(NC(=O)c3cccc(S(=O)(=O)N4CCc5ccccc54)c3)n2)cc1. The number of carbonyl (C=O) groups excluding carboxylic acids is 2. The Hall–Kier alpha value is -4.02. The Morgan fingerprint density at radius 3 is 2.53 bits per heavy atom. The summed E-state index contributed by atoms with van der Waals surface area (Å²) in [6.45, 7) is 1.81. The first-order valence-corrected chi connectivity index (χ1v) is 13.5. The van der Waals surface area contributed by atoms with Crippen LogP contribution in [0.5, 0.6) is 0 Å². The molecule has 0 aliphatic carbocycles. The van der Waals surface area contributed by atoms with E-state index in [1.807, 2.05) is 35.7 Å². The van der Waals surface area contributed by atoms with Gasteiger partial charge >= 0.3 is 0 Å². The molecule has 0 bridgehead atoms. The summed E-state index contributed by atoms with van der Waals surface area (Å²) in [7, 11) is -3.81. The summed E-state index contributed by atoms with van der Waals surface area (Å²) in [6, 6.07) is 20.7. The number of para-hydroxylation sites is 1. The molecule has 0 radical (unpaired) electrons. The molecule has 36 heavy (non-hydrogen) atoms. The third kappa shape index (κ3) is 4.73. The molecule has 0 spiro atoms. The van der Waals surface area contributed by atoms with Gasteiger partial charge in [0.2, 0.25) is 5.91 Å². The van der Waals surface area contributed by atoms with Gasteiger partial charge in [-0.3, -0.25) is 19.2 Å². The molecule has 0 unspecified atom stereocenters. The average molecular weight is 519 g/mol. The van der Waals surface area contributed by atoms with Gasteiger partial charge in [-0.2, -0.15) is 0 Å². The Bertz CT molecular complexity index is 1560. The lowest BCUT2D eigenvalue weighted by molar-refractivity contribution is -0.114. The maximum Gasteiger partial charge on any atom is 0.264 e. The van der Waals surface area contributed by atoms with Crippen molar-refractivity contribution in [3.8, 4) is 11.3 Å². The highest BCUT2D eigenvalue weighted by atomic mass is 32.2. The van der Waals surface area contributed by atoms with E-state index in [-0.39, 0.29) is 16.4 Å². The van der Waals surface area contributed by atoms with E-state index in [4.69, 9.17) is 0 Å². The molecule has 0 atom stereocenters. The van der Waals surface area contributed by atoms with E-state index in [2.05, 4.69) is 15.6 Å². The van der Waals surface area contributed by atoms with Crippen molar-refractivity contribution in [2.24, 2.45) is 0 Å². The Kier molecular flexibility index (Phi) is 6.29. The fraction of sp³-hybridized carbons (Fsp3) is 0.115. The van der Waals surface area contributed by atoms with Crippen LogP contribution in [0.25, 0.3) is 11.3 Å². The lowest BCUT2D eigenvalue weighted by Crippen LogP contribution is -2.29. The average Bonchev–Trinajstić information content (AvgIpc) is 3.52. The van der Waals surface area contributed by atoms with E-state index in [1.165, 1.54) is 34.7 Å². The molecule has 10 heteroatoms. The number of hydrogen-bond acceptors (Lipinski definition) is 6. The molecular formula is C26H22N4O4S2. The van der Waals surface area contributed by atoms with Gasteiger partial charge in [0.05, 0.1) is 16.3 Å². The molecule has 1 aliphatic rings. The summed E-state index contributed by atoms with van der Waals surface area (Å²) in [5, 5.41) is 7.67. The lowest BCUT2D eigenvalue weighted by atomic mass is 10.1. The third-order valence-corrected chi connectivity index (χ3v) is 8.32. The number of nitrogens with one attached hydrogen (secondary N) is 2. The van der Waals surface area contributed by atoms with Gasteiger partial charge in [-0.1, -0.05) is 36.4 Å². The maximum absolute atomic E-state index is 13.3. The van der Waals surface area contributed by atoms with E-state index in [0.29, 0.717) is 35.2 Å². The number of carbonyl (C=O) groups is 2. The molecule has 0 saturated carbocycles. The predicted octanol–water partition coefficient (Wildman–Crippen LogP) is 4.77. The number of amides is 2. The second kappa shape index (κ2) is 9.56. The highest BCUT2D eigenvalue weighted by molar-refractivity contribution is 7.92. The molecule has 5 rings (SSSR count). The molecule has 8 nitrogen and oxygen atoms in total. The smallest absolute Gasteiger partial charge is 0.264 e. The number of fused-ring (bicyclic) bond motifs is 1. The highest BCUT2D eigenvalue weighted by Crippen LogP contribution is 2.33. The van der Waals surface area contributed by atoms with Crippen LogP contribution in [0.3, 0.4) is 0 Å². The van der Waals surface area contributed by atoms with Crippen molar-refractivity contribution in [3.05, 3.63) is 89.3 Å². The minimum absolute atomic E-state index is 0.0611. The molecule has 2 amide bonds. The van der Waals surface area contributed by atoms with E-state index in [1.54, 1.807) is 30.3 Å². The largest absolute Gasteiger partial charge is 0.326 e. The van der Waals surface area contributed by atoms with E-state index < -0.39 is 15.9 Å². The van der Waals surface area contributed by atoms with Crippen molar-refractivity contribution in [2.75, 3.05) is 21.5 Å². The van der Waals surface area contributed by atoms with Crippen molar-refractivity contribution in [2.45, 2.75) is 18.2 Å². The molecule has 1 aliphatic heterocycles. The fourth-order valence-corrected chi connectivity index (χ4v) is 6.31.